The van der Waals surface area contributed by atoms with Crippen LogP contribution in [0.25, 0.3) is 0 Å². The molecule has 1 saturated heterocycles. The third-order valence-electron chi connectivity index (χ3n) is 3.81. The fraction of sp³-hybridized carbons (Fsp3) is 0.538. The summed E-state index contributed by atoms with van der Waals surface area (Å²) in [5, 5.41) is 10.9. The number of hydrogen-bond donors (Lipinski definition) is 1. The van der Waals surface area contributed by atoms with Crippen molar-refractivity contribution >= 4 is 21.6 Å². The number of benzene rings is 1. The predicted molar refractivity (Wildman–Crippen MR) is 76.0 cm³/mol. The number of nitro groups is 1. The van der Waals surface area contributed by atoms with Crippen molar-refractivity contribution < 1.29 is 9.66 Å². The minimum atomic E-state index is -0.368. The van der Waals surface area contributed by atoms with Crippen LogP contribution in [0.5, 0.6) is 0 Å². The molecule has 0 radical (unpaired) electrons. The maximum absolute atomic E-state index is 10.9. The van der Waals surface area contributed by atoms with Crippen LogP contribution in [0.3, 0.4) is 0 Å². The van der Waals surface area contributed by atoms with E-state index in [4.69, 9.17) is 10.5 Å². The number of ether oxygens (including phenoxy) is 1. The van der Waals surface area contributed by atoms with Crippen molar-refractivity contribution in [3.8, 4) is 0 Å². The molecule has 0 bridgehead atoms. The van der Waals surface area contributed by atoms with Gasteiger partial charge in [-0.1, -0.05) is 12.1 Å². The van der Waals surface area contributed by atoms with Gasteiger partial charge in [0.15, 0.2) is 0 Å². The van der Waals surface area contributed by atoms with E-state index in [1.807, 2.05) is 6.07 Å². The lowest BCUT2D eigenvalue weighted by molar-refractivity contribution is -0.385. The maximum atomic E-state index is 10.9. The summed E-state index contributed by atoms with van der Waals surface area (Å²) in [6, 6.07) is 5.15. The molecule has 1 aliphatic heterocycles. The second-order valence-electron chi connectivity index (χ2n) is 5.00. The Hall–Kier alpha value is -0.980. The Morgan fingerprint density at radius 2 is 2.11 bits per heavy atom. The molecule has 0 saturated carbocycles. The number of hydrogen-bond acceptors (Lipinski definition) is 4. The van der Waals surface area contributed by atoms with Crippen LogP contribution in [-0.2, 0) is 11.2 Å². The van der Waals surface area contributed by atoms with Gasteiger partial charge in [-0.25, -0.2) is 0 Å². The van der Waals surface area contributed by atoms with Crippen LogP contribution in [0.4, 0.5) is 5.69 Å². The smallest absolute Gasteiger partial charge is 0.283 e. The van der Waals surface area contributed by atoms with Gasteiger partial charge < -0.3 is 10.5 Å². The number of nitro benzene ring substituents is 1. The first-order valence-electron chi connectivity index (χ1n) is 6.28. The normalized spacial score (nSPS) is 18.2. The summed E-state index contributed by atoms with van der Waals surface area (Å²) in [6.07, 6.45) is 2.55. The second kappa shape index (κ2) is 5.98. The van der Waals surface area contributed by atoms with Gasteiger partial charge in [0, 0.05) is 19.3 Å². The SMILES string of the molecule is NCC1(Cc2cccc([N+](=O)[O-])c2Br)CCOCC1. The van der Waals surface area contributed by atoms with Crippen LogP contribution >= 0.6 is 15.9 Å². The number of nitrogens with zero attached hydrogens (tertiary/aromatic N) is 1. The van der Waals surface area contributed by atoms with Crippen molar-refractivity contribution in [2.24, 2.45) is 11.1 Å². The molecule has 2 N–H and O–H groups in total. The minimum absolute atomic E-state index is 0.00398. The van der Waals surface area contributed by atoms with E-state index in [1.54, 1.807) is 6.07 Å². The minimum Gasteiger partial charge on any atom is -0.381 e. The standard InChI is InChI=1S/C13H17BrN2O3/c14-12-10(2-1-3-11(12)16(17)18)8-13(9-15)4-6-19-7-5-13/h1-3H,4-9,15H2. The Morgan fingerprint density at radius 3 is 2.68 bits per heavy atom. The Labute approximate surface area is 120 Å². The van der Waals surface area contributed by atoms with Crippen LogP contribution in [0.2, 0.25) is 0 Å². The van der Waals surface area contributed by atoms with Crippen LogP contribution in [0, 0.1) is 15.5 Å². The van der Waals surface area contributed by atoms with Gasteiger partial charge in [-0.05, 0) is 52.7 Å². The Balaban J connectivity index is 2.27. The summed E-state index contributed by atoms with van der Waals surface area (Å²) >= 11 is 3.35. The van der Waals surface area contributed by atoms with Crippen molar-refractivity contribution in [3.63, 3.8) is 0 Å². The summed E-state index contributed by atoms with van der Waals surface area (Å²) in [4.78, 5) is 10.6. The van der Waals surface area contributed by atoms with Crippen LogP contribution < -0.4 is 5.73 Å². The molecule has 1 heterocycles. The molecule has 0 spiro atoms. The average molecular weight is 329 g/mol. The second-order valence-corrected chi connectivity index (χ2v) is 5.79. The molecular formula is C13H17BrN2O3. The van der Waals surface area contributed by atoms with Gasteiger partial charge in [-0.3, -0.25) is 10.1 Å². The van der Waals surface area contributed by atoms with Gasteiger partial charge >= 0.3 is 0 Å². The summed E-state index contributed by atoms with van der Waals surface area (Å²) in [6.45, 7) is 2.00. The fourth-order valence-corrected chi connectivity index (χ4v) is 3.05. The zero-order chi connectivity index (χ0) is 13.9. The van der Waals surface area contributed by atoms with Crippen LogP contribution in [0.15, 0.2) is 22.7 Å². The topological polar surface area (TPSA) is 78.4 Å². The van der Waals surface area contributed by atoms with E-state index in [9.17, 15) is 10.1 Å². The molecule has 0 unspecified atom stereocenters. The monoisotopic (exact) mass is 328 g/mol. The highest BCUT2D eigenvalue weighted by molar-refractivity contribution is 9.10. The first-order valence-corrected chi connectivity index (χ1v) is 7.07. The lowest BCUT2D eigenvalue weighted by atomic mass is 9.75. The third kappa shape index (κ3) is 3.13. The van der Waals surface area contributed by atoms with Crippen molar-refractivity contribution in [1.29, 1.82) is 0 Å². The summed E-state index contributed by atoms with van der Waals surface area (Å²) in [5.41, 5.74) is 6.98. The van der Waals surface area contributed by atoms with Gasteiger partial charge in [-0.15, -0.1) is 0 Å². The summed E-state index contributed by atoms with van der Waals surface area (Å²) in [7, 11) is 0. The average Bonchev–Trinajstić information content (AvgIpc) is 2.42. The first kappa shape index (κ1) is 14.4. The zero-order valence-corrected chi connectivity index (χ0v) is 12.2. The lowest BCUT2D eigenvalue weighted by Gasteiger charge is -2.36. The Morgan fingerprint density at radius 1 is 1.42 bits per heavy atom. The van der Waals surface area contributed by atoms with Crippen molar-refractivity contribution in [2.75, 3.05) is 19.8 Å². The molecule has 6 heteroatoms. The predicted octanol–water partition coefficient (Wildman–Crippen LogP) is 2.66. The van der Waals surface area contributed by atoms with Crippen molar-refractivity contribution in [2.45, 2.75) is 19.3 Å². The van der Waals surface area contributed by atoms with Gasteiger partial charge in [0.25, 0.3) is 5.69 Å². The van der Waals surface area contributed by atoms with Crippen molar-refractivity contribution in [1.82, 2.24) is 0 Å². The molecule has 1 aromatic carbocycles. The van der Waals surface area contributed by atoms with Crippen LogP contribution in [-0.4, -0.2) is 24.7 Å². The van der Waals surface area contributed by atoms with E-state index in [0.29, 0.717) is 24.2 Å². The van der Waals surface area contributed by atoms with E-state index in [0.717, 1.165) is 24.8 Å². The fourth-order valence-electron chi connectivity index (χ4n) is 2.51. The molecule has 19 heavy (non-hydrogen) atoms. The number of rotatable bonds is 4. The molecule has 0 aromatic heterocycles. The highest BCUT2D eigenvalue weighted by Gasteiger charge is 2.32. The largest absolute Gasteiger partial charge is 0.381 e. The number of halogens is 1. The quantitative estimate of drug-likeness (QED) is 0.680. The van der Waals surface area contributed by atoms with Crippen LogP contribution in [0.1, 0.15) is 18.4 Å². The first-order chi connectivity index (χ1) is 9.08. The van der Waals surface area contributed by atoms with Gasteiger partial charge in [0.2, 0.25) is 0 Å². The molecule has 5 nitrogen and oxygen atoms in total. The molecule has 0 aliphatic carbocycles. The molecule has 1 aliphatic rings. The zero-order valence-electron chi connectivity index (χ0n) is 10.6. The summed E-state index contributed by atoms with van der Waals surface area (Å²) < 4.78 is 5.95. The Kier molecular flexibility index (Phi) is 4.54. The van der Waals surface area contributed by atoms with E-state index in [1.165, 1.54) is 6.07 Å². The maximum Gasteiger partial charge on any atom is 0.283 e. The highest BCUT2D eigenvalue weighted by Crippen LogP contribution is 2.37. The molecule has 0 atom stereocenters. The van der Waals surface area contributed by atoms with E-state index >= 15 is 0 Å². The lowest BCUT2D eigenvalue weighted by Crippen LogP contribution is -2.38. The molecule has 0 amide bonds. The number of nitrogens with two attached hydrogens (primary N) is 1. The highest BCUT2D eigenvalue weighted by atomic mass is 79.9. The van der Waals surface area contributed by atoms with Gasteiger partial charge in [-0.2, -0.15) is 0 Å². The summed E-state index contributed by atoms with van der Waals surface area (Å²) in [5.74, 6) is 0. The molecule has 1 fully saturated rings. The van der Waals surface area contributed by atoms with E-state index < -0.39 is 0 Å². The van der Waals surface area contributed by atoms with Gasteiger partial charge in [0.05, 0.1) is 9.40 Å². The molecule has 104 valence electrons. The molecular weight excluding hydrogens is 312 g/mol. The van der Waals surface area contributed by atoms with E-state index in [-0.39, 0.29) is 16.0 Å². The molecule has 2 rings (SSSR count). The molecule has 1 aromatic rings. The third-order valence-corrected chi connectivity index (χ3v) is 4.72. The Bertz CT molecular complexity index is 473. The van der Waals surface area contributed by atoms with Gasteiger partial charge in [0.1, 0.15) is 0 Å². The van der Waals surface area contributed by atoms with E-state index in [2.05, 4.69) is 15.9 Å². The van der Waals surface area contributed by atoms with Crippen molar-refractivity contribution in [3.05, 3.63) is 38.3 Å².